The molecule has 1 amide bonds. The number of piperidine rings is 1. The number of ether oxygens (including phenoxy) is 1. The SMILES string of the molecule is CC(Oc1cccc(Cl)c1)C(=O)N1CCC2(CCNC2)CC1.Cl. The second-order valence-electron chi connectivity index (χ2n) is 6.47. The van der Waals surface area contributed by atoms with Crippen LogP contribution in [0.25, 0.3) is 0 Å². The molecule has 1 N–H and O–H groups in total. The number of nitrogens with zero attached hydrogens (tertiary/aromatic N) is 1. The number of carbonyl (C=O) groups excluding carboxylic acids is 1. The molecule has 1 aromatic carbocycles. The Balaban J connectivity index is 0.00000192. The van der Waals surface area contributed by atoms with E-state index in [2.05, 4.69) is 5.32 Å². The molecule has 0 radical (unpaired) electrons. The maximum absolute atomic E-state index is 12.5. The van der Waals surface area contributed by atoms with E-state index in [1.807, 2.05) is 24.0 Å². The quantitative estimate of drug-likeness (QED) is 0.902. The molecule has 2 aliphatic heterocycles. The van der Waals surface area contributed by atoms with E-state index in [-0.39, 0.29) is 18.3 Å². The lowest BCUT2D eigenvalue weighted by Gasteiger charge is -2.39. The molecule has 0 aliphatic carbocycles. The van der Waals surface area contributed by atoms with Gasteiger partial charge in [0.15, 0.2) is 6.10 Å². The molecule has 0 aromatic heterocycles. The number of carbonyl (C=O) groups is 1. The van der Waals surface area contributed by atoms with Crippen molar-refractivity contribution in [3.8, 4) is 5.75 Å². The lowest BCUT2D eigenvalue weighted by atomic mass is 9.78. The molecule has 3 rings (SSSR count). The van der Waals surface area contributed by atoms with Crippen molar-refractivity contribution in [1.29, 1.82) is 0 Å². The second-order valence-corrected chi connectivity index (χ2v) is 6.91. The minimum absolute atomic E-state index is 0. The van der Waals surface area contributed by atoms with Crippen LogP contribution in [0.4, 0.5) is 0 Å². The molecular formula is C17H24Cl2N2O2. The van der Waals surface area contributed by atoms with Gasteiger partial charge in [0.1, 0.15) is 5.75 Å². The van der Waals surface area contributed by atoms with Crippen LogP contribution in [0.2, 0.25) is 5.02 Å². The van der Waals surface area contributed by atoms with Crippen molar-refractivity contribution in [3.63, 3.8) is 0 Å². The number of amides is 1. The van der Waals surface area contributed by atoms with Crippen LogP contribution in [0, 0.1) is 5.41 Å². The van der Waals surface area contributed by atoms with Gasteiger partial charge in [0, 0.05) is 24.7 Å². The van der Waals surface area contributed by atoms with Crippen molar-refractivity contribution >= 4 is 29.9 Å². The summed E-state index contributed by atoms with van der Waals surface area (Å²) in [4.78, 5) is 14.5. The van der Waals surface area contributed by atoms with E-state index in [0.717, 1.165) is 39.0 Å². The Morgan fingerprint density at radius 2 is 2.09 bits per heavy atom. The molecule has 0 bridgehead atoms. The lowest BCUT2D eigenvalue weighted by molar-refractivity contribution is -0.140. The minimum Gasteiger partial charge on any atom is -0.481 e. The van der Waals surface area contributed by atoms with Gasteiger partial charge in [-0.2, -0.15) is 0 Å². The third-order valence-corrected chi connectivity index (χ3v) is 5.16. The largest absolute Gasteiger partial charge is 0.481 e. The summed E-state index contributed by atoms with van der Waals surface area (Å²) in [6.45, 7) is 5.70. The van der Waals surface area contributed by atoms with Gasteiger partial charge in [-0.15, -0.1) is 12.4 Å². The number of benzene rings is 1. The normalized spacial score (nSPS) is 20.9. The molecule has 23 heavy (non-hydrogen) atoms. The first-order valence-corrected chi connectivity index (χ1v) is 8.38. The first kappa shape index (κ1) is 18.4. The Morgan fingerprint density at radius 3 is 2.70 bits per heavy atom. The molecule has 1 spiro atoms. The fraction of sp³-hybridized carbons (Fsp3) is 0.588. The predicted octanol–water partition coefficient (Wildman–Crippen LogP) is 3.13. The molecule has 1 aromatic rings. The highest BCUT2D eigenvalue weighted by Crippen LogP contribution is 2.37. The van der Waals surface area contributed by atoms with Crippen LogP contribution in [0.15, 0.2) is 24.3 Å². The summed E-state index contributed by atoms with van der Waals surface area (Å²) in [5.41, 5.74) is 0.424. The van der Waals surface area contributed by atoms with Crippen LogP contribution in [-0.4, -0.2) is 43.1 Å². The smallest absolute Gasteiger partial charge is 0.263 e. The molecular weight excluding hydrogens is 335 g/mol. The summed E-state index contributed by atoms with van der Waals surface area (Å²) < 4.78 is 5.74. The fourth-order valence-electron chi connectivity index (χ4n) is 3.48. The van der Waals surface area contributed by atoms with Crippen LogP contribution < -0.4 is 10.1 Å². The van der Waals surface area contributed by atoms with Crippen LogP contribution in [0.1, 0.15) is 26.2 Å². The molecule has 0 saturated carbocycles. The molecule has 2 saturated heterocycles. The van der Waals surface area contributed by atoms with Gasteiger partial charge in [0.25, 0.3) is 5.91 Å². The van der Waals surface area contributed by atoms with Crippen LogP contribution in [0.5, 0.6) is 5.75 Å². The zero-order valence-electron chi connectivity index (χ0n) is 13.4. The molecule has 128 valence electrons. The van der Waals surface area contributed by atoms with Gasteiger partial charge in [-0.25, -0.2) is 0 Å². The van der Waals surface area contributed by atoms with Crippen molar-refractivity contribution in [2.45, 2.75) is 32.3 Å². The highest BCUT2D eigenvalue weighted by atomic mass is 35.5. The third-order valence-electron chi connectivity index (χ3n) is 4.92. The Labute approximate surface area is 148 Å². The van der Waals surface area contributed by atoms with Crippen molar-refractivity contribution in [3.05, 3.63) is 29.3 Å². The molecule has 6 heteroatoms. The molecule has 2 fully saturated rings. The van der Waals surface area contributed by atoms with Crippen molar-refractivity contribution < 1.29 is 9.53 Å². The number of hydrogen-bond acceptors (Lipinski definition) is 3. The third kappa shape index (κ3) is 4.31. The summed E-state index contributed by atoms with van der Waals surface area (Å²) in [6, 6.07) is 7.18. The summed E-state index contributed by atoms with van der Waals surface area (Å²) >= 11 is 5.94. The average Bonchev–Trinajstić information content (AvgIpc) is 2.95. The summed E-state index contributed by atoms with van der Waals surface area (Å²) in [7, 11) is 0. The summed E-state index contributed by atoms with van der Waals surface area (Å²) in [6.07, 6.45) is 2.95. The van der Waals surface area contributed by atoms with E-state index >= 15 is 0 Å². The first-order chi connectivity index (χ1) is 10.6. The van der Waals surface area contributed by atoms with Crippen molar-refractivity contribution in [1.82, 2.24) is 10.2 Å². The highest BCUT2D eigenvalue weighted by molar-refractivity contribution is 6.30. The Morgan fingerprint density at radius 1 is 1.35 bits per heavy atom. The summed E-state index contributed by atoms with van der Waals surface area (Å²) in [5, 5.41) is 4.06. The Kier molecular flexibility index (Phi) is 6.18. The van der Waals surface area contributed by atoms with Gasteiger partial charge in [0.05, 0.1) is 0 Å². The van der Waals surface area contributed by atoms with Crippen LogP contribution in [-0.2, 0) is 4.79 Å². The fourth-order valence-corrected chi connectivity index (χ4v) is 3.66. The predicted molar refractivity (Wildman–Crippen MR) is 94.5 cm³/mol. The summed E-state index contributed by atoms with van der Waals surface area (Å²) in [5.74, 6) is 0.711. The van der Waals surface area contributed by atoms with Crippen LogP contribution >= 0.6 is 24.0 Å². The van der Waals surface area contributed by atoms with E-state index < -0.39 is 6.10 Å². The highest BCUT2D eigenvalue weighted by Gasteiger charge is 2.38. The number of likely N-dealkylation sites (tertiary alicyclic amines) is 1. The molecule has 2 heterocycles. The average molecular weight is 359 g/mol. The first-order valence-electron chi connectivity index (χ1n) is 8.00. The van der Waals surface area contributed by atoms with Gasteiger partial charge < -0.3 is 15.0 Å². The lowest BCUT2D eigenvalue weighted by Crippen LogP contribution is -2.48. The van der Waals surface area contributed by atoms with Crippen LogP contribution in [0.3, 0.4) is 0 Å². The molecule has 4 nitrogen and oxygen atoms in total. The van der Waals surface area contributed by atoms with Gasteiger partial charge in [-0.1, -0.05) is 17.7 Å². The van der Waals surface area contributed by atoms with E-state index in [1.165, 1.54) is 6.42 Å². The van der Waals surface area contributed by atoms with Crippen molar-refractivity contribution in [2.24, 2.45) is 5.41 Å². The number of rotatable bonds is 3. The van der Waals surface area contributed by atoms with E-state index in [4.69, 9.17) is 16.3 Å². The topological polar surface area (TPSA) is 41.6 Å². The monoisotopic (exact) mass is 358 g/mol. The maximum atomic E-state index is 12.5. The number of hydrogen-bond donors (Lipinski definition) is 1. The second kappa shape index (κ2) is 7.73. The van der Waals surface area contributed by atoms with Crippen molar-refractivity contribution in [2.75, 3.05) is 26.2 Å². The zero-order valence-corrected chi connectivity index (χ0v) is 15.0. The van der Waals surface area contributed by atoms with Gasteiger partial charge in [-0.05, 0) is 56.3 Å². The Hall–Kier alpha value is -0.970. The Bertz CT molecular complexity index is 537. The zero-order chi connectivity index (χ0) is 15.6. The maximum Gasteiger partial charge on any atom is 0.263 e. The number of halogens is 2. The van der Waals surface area contributed by atoms with Gasteiger partial charge in [0.2, 0.25) is 0 Å². The van der Waals surface area contributed by atoms with E-state index in [9.17, 15) is 4.79 Å². The molecule has 1 unspecified atom stereocenters. The molecule has 2 aliphatic rings. The number of nitrogens with one attached hydrogen (secondary N) is 1. The minimum atomic E-state index is -0.478. The van der Waals surface area contributed by atoms with E-state index in [0.29, 0.717) is 16.2 Å². The molecule has 1 atom stereocenters. The van der Waals surface area contributed by atoms with Gasteiger partial charge >= 0.3 is 0 Å². The van der Waals surface area contributed by atoms with Gasteiger partial charge in [-0.3, -0.25) is 4.79 Å². The standard InChI is InChI=1S/C17H23ClN2O2.ClH/c1-13(22-15-4-2-3-14(18)11-15)16(21)20-9-6-17(7-10-20)5-8-19-12-17;/h2-4,11,13,19H,5-10,12H2,1H3;1H. The van der Waals surface area contributed by atoms with E-state index in [1.54, 1.807) is 12.1 Å².